The van der Waals surface area contributed by atoms with Gasteiger partial charge in [-0.15, -0.1) is 0 Å². The van der Waals surface area contributed by atoms with E-state index in [1.165, 1.54) is 25.7 Å². The van der Waals surface area contributed by atoms with Gasteiger partial charge in [-0.1, -0.05) is 26.7 Å². The Morgan fingerprint density at radius 3 is 2.42 bits per heavy atom. The van der Waals surface area contributed by atoms with E-state index in [9.17, 15) is 9.59 Å². The van der Waals surface area contributed by atoms with Crippen LogP contribution in [-0.4, -0.2) is 42.4 Å². The largest absolute Gasteiger partial charge is 0.466 e. The van der Waals surface area contributed by atoms with Crippen LogP contribution in [0.25, 0.3) is 0 Å². The molecule has 0 radical (unpaired) electrons. The quantitative estimate of drug-likeness (QED) is 0.501. The molecular formula is C15H27NO3. The number of ether oxygens (including phenoxy) is 1. The van der Waals surface area contributed by atoms with Crippen LogP contribution in [0.1, 0.15) is 52.9 Å². The maximum Gasteiger partial charge on any atom is 0.313 e. The molecular weight excluding hydrogens is 242 g/mol. The number of hydrogen-bond donors (Lipinski definition) is 0. The first-order valence-corrected chi connectivity index (χ1v) is 7.44. The SMILES string of the molecule is CCOC(=O)CC(=O)CN(CC(C)C)C1CCCC1. The Morgan fingerprint density at radius 2 is 1.89 bits per heavy atom. The lowest BCUT2D eigenvalue weighted by molar-refractivity contribution is -0.145. The highest BCUT2D eigenvalue weighted by Gasteiger charge is 2.25. The van der Waals surface area contributed by atoms with Crippen molar-refractivity contribution in [2.24, 2.45) is 5.92 Å². The summed E-state index contributed by atoms with van der Waals surface area (Å²) in [6, 6.07) is 0.522. The average Bonchev–Trinajstić information content (AvgIpc) is 2.80. The molecule has 0 aromatic carbocycles. The Morgan fingerprint density at radius 1 is 1.26 bits per heavy atom. The second-order valence-corrected chi connectivity index (χ2v) is 5.78. The van der Waals surface area contributed by atoms with E-state index in [4.69, 9.17) is 4.74 Å². The molecule has 0 aliphatic heterocycles. The molecule has 0 amide bonds. The molecule has 0 N–H and O–H groups in total. The predicted octanol–water partition coefficient (Wildman–Crippen LogP) is 2.41. The van der Waals surface area contributed by atoms with Gasteiger partial charge in [-0.3, -0.25) is 14.5 Å². The summed E-state index contributed by atoms with van der Waals surface area (Å²) in [6.07, 6.45) is 4.78. The van der Waals surface area contributed by atoms with Crippen molar-refractivity contribution in [1.29, 1.82) is 0 Å². The molecule has 4 nitrogen and oxygen atoms in total. The van der Waals surface area contributed by atoms with Gasteiger partial charge in [0.2, 0.25) is 0 Å². The van der Waals surface area contributed by atoms with Gasteiger partial charge in [0.25, 0.3) is 0 Å². The lowest BCUT2D eigenvalue weighted by Crippen LogP contribution is -2.40. The van der Waals surface area contributed by atoms with Crippen LogP contribution in [0.15, 0.2) is 0 Å². The van der Waals surface area contributed by atoms with Crippen LogP contribution < -0.4 is 0 Å². The fourth-order valence-electron chi connectivity index (χ4n) is 2.74. The van der Waals surface area contributed by atoms with Crippen molar-refractivity contribution in [1.82, 2.24) is 4.90 Å². The van der Waals surface area contributed by atoms with Gasteiger partial charge >= 0.3 is 5.97 Å². The summed E-state index contributed by atoms with van der Waals surface area (Å²) >= 11 is 0. The predicted molar refractivity (Wildman–Crippen MR) is 74.9 cm³/mol. The molecule has 4 heteroatoms. The molecule has 1 fully saturated rings. The Bertz CT molecular complexity index is 296. The van der Waals surface area contributed by atoms with E-state index < -0.39 is 5.97 Å². The zero-order chi connectivity index (χ0) is 14.3. The molecule has 0 aromatic rings. The topological polar surface area (TPSA) is 46.6 Å². The fourth-order valence-corrected chi connectivity index (χ4v) is 2.74. The molecule has 0 bridgehead atoms. The Labute approximate surface area is 116 Å². The molecule has 1 rings (SSSR count). The van der Waals surface area contributed by atoms with Crippen molar-refractivity contribution in [3.63, 3.8) is 0 Å². The number of carbonyl (C=O) groups excluding carboxylic acids is 2. The summed E-state index contributed by atoms with van der Waals surface area (Å²) in [6.45, 7) is 7.74. The molecule has 1 saturated carbocycles. The molecule has 1 aliphatic carbocycles. The Balaban J connectivity index is 2.46. The molecule has 19 heavy (non-hydrogen) atoms. The van der Waals surface area contributed by atoms with Crippen molar-refractivity contribution in [3.8, 4) is 0 Å². The number of rotatable bonds is 8. The molecule has 0 atom stereocenters. The summed E-state index contributed by atoms with van der Waals surface area (Å²) in [4.78, 5) is 25.5. The number of carbonyl (C=O) groups is 2. The summed E-state index contributed by atoms with van der Waals surface area (Å²) in [5, 5.41) is 0. The molecule has 0 unspecified atom stereocenters. The number of Topliss-reactive ketones (excluding diaryl/α,β-unsaturated/α-hetero) is 1. The first-order valence-electron chi connectivity index (χ1n) is 7.44. The van der Waals surface area contributed by atoms with Gasteiger partial charge in [-0.25, -0.2) is 0 Å². The first-order chi connectivity index (χ1) is 9.02. The van der Waals surface area contributed by atoms with E-state index >= 15 is 0 Å². The smallest absolute Gasteiger partial charge is 0.313 e. The van der Waals surface area contributed by atoms with Crippen LogP contribution in [0.3, 0.4) is 0 Å². The summed E-state index contributed by atoms with van der Waals surface area (Å²) < 4.78 is 4.82. The first kappa shape index (κ1) is 16.2. The van der Waals surface area contributed by atoms with Crippen LogP contribution in [-0.2, 0) is 14.3 Å². The minimum atomic E-state index is -0.400. The monoisotopic (exact) mass is 269 g/mol. The van der Waals surface area contributed by atoms with Gasteiger partial charge < -0.3 is 4.74 Å². The summed E-state index contributed by atoms with van der Waals surface area (Å²) in [7, 11) is 0. The summed E-state index contributed by atoms with van der Waals surface area (Å²) in [5.41, 5.74) is 0. The van der Waals surface area contributed by atoms with E-state index in [1.807, 2.05) is 0 Å². The average molecular weight is 269 g/mol. The highest BCUT2D eigenvalue weighted by atomic mass is 16.5. The molecule has 0 aromatic heterocycles. The number of ketones is 1. The van der Waals surface area contributed by atoms with E-state index in [-0.39, 0.29) is 12.2 Å². The van der Waals surface area contributed by atoms with Crippen molar-refractivity contribution >= 4 is 11.8 Å². The second kappa shape index (κ2) is 8.31. The van der Waals surface area contributed by atoms with Gasteiger partial charge in [0.05, 0.1) is 13.2 Å². The van der Waals surface area contributed by atoms with Crippen molar-refractivity contribution in [3.05, 3.63) is 0 Å². The maximum atomic E-state index is 11.9. The van der Waals surface area contributed by atoms with Crippen LogP contribution in [0.4, 0.5) is 0 Å². The molecule has 1 aliphatic rings. The third-order valence-corrected chi connectivity index (χ3v) is 3.47. The number of esters is 1. The van der Waals surface area contributed by atoms with Crippen LogP contribution in [0.5, 0.6) is 0 Å². The summed E-state index contributed by atoms with van der Waals surface area (Å²) in [5.74, 6) is 0.116. The van der Waals surface area contributed by atoms with E-state index in [0.29, 0.717) is 25.1 Å². The minimum absolute atomic E-state index is 0.0222. The van der Waals surface area contributed by atoms with Crippen molar-refractivity contribution in [2.45, 2.75) is 58.9 Å². The van der Waals surface area contributed by atoms with Crippen molar-refractivity contribution in [2.75, 3.05) is 19.7 Å². The molecule has 0 saturated heterocycles. The van der Waals surface area contributed by atoms with Gasteiger partial charge in [-0.2, -0.15) is 0 Å². The molecule has 0 heterocycles. The second-order valence-electron chi connectivity index (χ2n) is 5.78. The van der Waals surface area contributed by atoms with Crippen LogP contribution >= 0.6 is 0 Å². The van der Waals surface area contributed by atoms with Crippen molar-refractivity contribution < 1.29 is 14.3 Å². The molecule has 110 valence electrons. The van der Waals surface area contributed by atoms with Gasteiger partial charge in [0, 0.05) is 12.6 Å². The minimum Gasteiger partial charge on any atom is -0.466 e. The number of hydrogen-bond acceptors (Lipinski definition) is 4. The molecule has 0 spiro atoms. The fraction of sp³-hybridized carbons (Fsp3) is 0.867. The number of nitrogens with zero attached hydrogens (tertiary/aromatic N) is 1. The van der Waals surface area contributed by atoms with E-state index in [2.05, 4.69) is 18.7 Å². The Hall–Kier alpha value is -0.900. The standard InChI is InChI=1S/C15H27NO3/c1-4-19-15(18)9-14(17)11-16(10-12(2)3)13-7-5-6-8-13/h12-13H,4-11H2,1-3H3. The third-order valence-electron chi connectivity index (χ3n) is 3.47. The lowest BCUT2D eigenvalue weighted by Gasteiger charge is -2.29. The highest BCUT2D eigenvalue weighted by Crippen LogP contribution is 2.24. The Kier molecular flexibility index (Phi) is 7.06. The van der Waals surface area contributed by atoms with E-state index in [1.54, 1.807) is 6.92 Å². The van der Waals surface area contributed by atoms with Crippen LogP contribution in [0.2, 0.25) is 0 Å². The van der Waals surface area contributed by atoms with Gasteiger partial charge in [0.15, 0.2) is 5.78 Å². The normalized spacial score (nSPS) is 16.3. The van der Waals surface area contributed by atoms with Gasteiger partial charge in [0.1, 0.15) is 6.42 Å². The zero-order valence-corrected chi connectivity index (χ0v) is 12.5. The highest BCUT2D eigenvalue weighted by molar-refractivity contribution is 5.96. The van der Waals surface area contributed by atoms with Gasteiger partial charge in [-0.05, 0) is 25.7 Å². The zero-order valence-electron chi connectivity index (χ0n) is 12.5. The van der Waals surface area contributed by atoms with Crippen LogP contribution in [0, 0.1) is 5.92 Å². The maximum absolute atomic E-state index is 11.9. The van der Waals surface area contributed by atoms with E-state index in [0.717, 1.165) is 6.54 Å². The third kappa shape index (κ3) is 6.19. The lowest BCUT2D eigenvalue weighted by atomic mass is 10.1.